The molecule has 1 aliphatic rings. The molecule has 0 spiro atoms. The zero-order chi connectivity index (χ0) is 16.4. The van der Waals surface area contributed by atoms with Gasteiger partial charge in [-0.3, -0.25) is 0 Å². The second-order valence-electron chi connectivity index (χ2n) is 6.44. The van der Waals surface area contributed by atoms with Gasteiger partial charge >= 0.3 is 0 Å². The number of benzene rings is 3. The van der Waals surface area contributed by atoms with Crippen LogP contribution >= 0.6 is 23.2 Å². The van der Waals surface area contributed by atoms with E-state index >= 15 is 0 Å². The highest BCUT2D eigenvalue weighted by Gasteiger charge is 2.56. The second-order valence-corrected chi connectivity index (χ2v) is 11.7. The Morgan fingerprint density at radius 2 is 0.958 bits per heavy atom. The van der Waals surface area contributed by atoms with Crippen LogP contribution in [-0.4, -0.2) is 4.57 Å². The molecule has 0 aliphatic heterocycles. The highest BCUT2D eigenvalue weighted by atomic mass is 79.9. The third-order valence-corrected chi connectivity index (χ3v) is 12.0. The largest absolute Gasteiger partial charge is 0.140 e. The molecule has 1 saturated carbocycles. The van der Waals surface area contributed by atoms with Crippen molar-refractivity contribution in [1.29, 1.82) is 0 Å². The topological polar surface area (TPSA) is 0 Å². The normalized spacial score (nSPS) is 15.9. The second kappa shape index (κ2) is 6.82. The van der Waals surface area contributed by atoms with E-state index in [9.17, 15) is 0 Å². The highest BCUT2D eigenvalue weighted by Crippen LogP contribution is 2.67. The number of halogens is 1. The van der Waals surface area contributed by atoms with Crippen LogP contribution in [0.2, 0.25) is 0 Å². The van der Waals surface area contributed by atoms with Crippen molar-refractivity contribution >= 4 is 39.1 Å². The van der Waals surface area contributed by atoms with Crippen LogP contribution in [0.5, 0.6) is 0 Å². The lowest BCUT2D eigenvalue weighted by atomic mass is 10.3. The van der Waals surface area contributed by atoms with Gasteiger partial charge < -0.3 is 0 Å². The average Bonchev–Trinajstić information content (AvgIpc) is 3.50. The molecular weight excluding hydrogens is 375 g/mol. The van der Waals surface area contributed by atoms with E-state index in [-0.39, 0.29) is 0 Å². The quantitative estimate of drug-likeness (QED) is 0.415. The van der Waals surface area contributed by atoms with E-state index in [2.05, 4.69) is 107 Å². The first-order valence-corrected chi connectivity index (χ1v) is 11.3. The molecule has 0 saturated heterocycles. The molecule has 0 heterocycles. The van der Waals surface area contributed by atoms with E-state index in [0.717, 1.165) is 5.92 Å². The summed E-state index contributed by atoms with van der Waals surface area (Å²) in [6, 6.07) is 33.4. The summed E-state index contributed by atoms with van der Waals surface area (Å²) in [4.78, 5) is 0. The Morgan fingerprint density at radius 1 is 0.625 bits per heavy atom. The summed E-state index contributed by atoms with van der Waals surface area (Å²) in [5.74, 6) is 0.777. The number of hydrogen-bond acceptors (Lipinski definition) is 0. The van der Waals surface area contributed by atoms with E-state index in [1.54, 1.807) is 0 Å². The Labute approximate surface area is 153 Å². The fourth-order valence-corrected chi connectivity index (χ4v) is 10.8. The molecular formula is C22H21BrP+. The molecule has 0 N–H and O–H groups in total. The SMILES string of the molecule is BrC(C1CC1)[P+](c1ccccc1)(c1ccccc1)c1ccccc1. The molecule has 0 radical (unpaired) electrons. The van der Waals surface area contributed by atoms with Gasteiger partial charge in [-0.05, 0) is 65.2 Å². The van der Waals surface area contributed by atoms with E-state index in [1.165, 1.54) is 28.8 Å². The van der Waals surface area contributed by atoms with E-state index in [4.69, 9.17) is 0 Å². The monoisotopic (exact) mass is 395 g/mol. The van der Waals surface area contributed by atoms with Crippen molar-refractivity contribution in [1.82, 2.24) is 0 Å². The van der Waals surface area contributed by atoms with Crippen molar-refractivity contribution in [2.45, 2.75) is 17.4 Å². The summed E-state index contributed by atoms with van der Waals surface area (Å²) >= 11 is 4.19. The van der Waals surface area contributed by atoms with Gasteiger partial charge in [0.1, 0.15) is 27.7 Å². The Hall–Kier alpha value is -1.43. The third kappa shape index (κ3) is 2.75. The zero-order valence-electron chi connectivity index (χ0n) is 13.6. The molecule has 0 aromatic heterocycles. The maximum absolute atomic E-state index is 4.19. The van der Waals surface area contributed by atoms with Crippen LogP contribution in [0.4, 0.5) is 0 Å². The van der Waals surface area contributed by atoms with E-state index < -0.39 is 7.26 Å². The predicted octanol–water partition coefficient (Wildman–Crippen LogP) is 5.11. The van der Waals surface area contributed by atoms with Crippen LogP contribution in [-0.2, 0) is 0 Å². The summed E-state index contributed by atoms with van der Waals surface area (Å²) in [5, 5.41) is 4.41. The van der Waals surface area contributed by atoms with Crippen molar-refractivity contribution in [2.75, 3.05) is 0 Å². The van der Waals surface area contributed by atoms with Crippen molar-refractivity contribution in [3.05, 3.63) is 91.0 Å². The highest BCUT2D eigenvalue weighted by molar-refractivity contribution is 9.11. The van der Waals surface area contributed by atoms with E-state index in [0.29, 0.717) is 4.57 Å². The van der Waals surface area contributed by atoms with Gasteiger partial charge in [-0.1, -0.05) is 54.6 Å². The van der Waals surface area contributed by atoms with Crippen LogP contribution in [0.3, 0.4) is 0 Å². The average molecular weight is 396 g/mol. The minimum absolute atomic E-state index is 0.497. The minimum atomic E-state index is -1.72. The fourth-order valence-electron chi connectivity index (χ4n) is 3.55. The lowest BCUT2D eigenvalue weighted by molar-refractivity contribution is 0.955. The van der Waals surface area contributed by atoms with Crippen LogP contribution in [0.15, 0.2) is 91.0 Å². The maximum atomic E-state index is 4.19. The van der Waals surface area contributed by atoms with Crippen LogP contribution in [0.1, 0.15) is 12.8 Å². The van der Waals surface area contributed by atoms with Crippen molar-refractivity contribution in [2.24, 2.45) is 5.92 Å². The first-order valence-electron chi connectivity index (χ1n) is 8.53. The predicted molar refractivity (Wildman–Crippen MR) is 111 cm³/mol. The van der Waals surface area contributed by atoms with Crippen LogP contribution in [0, 0.1) is 5.92 Å². The van der Waals surface area contributed by atoms with Gasteiger partial charge in [-0.15, -0.1) is 0 Å². The Kier molecular flexibility index (Phi) is 4.57. The Bertz CT molecular complexity index is 685. The Balaban J connectivity index is 2.03. The number of hydrogen-bond donors (Lipinski definition) is 0. The molecule has 1 unspecified atom stereocenters. The molecule has 1 aliphatic carbocycles. The molecule has 24 heavy (non-hydrogen) atoms. The Morgan fingerprint density at radius 3 is 1.25 bits per heavy atom. The zero-order valence-corrected chi connectivity index (χ0v) is 16.0. The first-order chi connectivity index (χ1) is 11.8. The molecule has 1 fully saturated rings. The number of alkyl halides is 1. The molecule has 3 aromatic carbocycles. The van der Waals surface area contributed by atoms with Gasteiger partial charge in [0.2, 0.25) is 0 Å². The van der Waals surface area contributed by atoms with Gasteiger partial charge in [0, 0.05) is 5.92 Å². The van der Waals surface area contributed by atoms with Crippen molar-refractivity contribution < 1.29 is 0 Å². The lowest BCUT2D eigenvalue weighted by Crippen LogP contribution is -2.37. The molecule has 120 valence electrons. The van der Waals surface area contributed by atoms with Gasteiger partial charge in [0.25, 0.3) is 0 Å². The summed E-state index contributed by atoms with van der Waals surface area (Å²) in [7, 11) is -1.72. The number of rotatable bonds is 5. The first kappa shape index (κ1) is 16.1. The van der Waals surface area contributed by atoms with Crippen LogP contribution in [0.25, 0.3) is 0 Å². The molecule has 0 amide bonds. The van der Waals surface area contributed by atoms with E-state index in [1.807, 2.05) is 0 Å². The van der Waals surface area contributed by atoms with Gasteiger partial charge in [0.15, 0.2) is 0 Å². The van der Waals surface area contributed by atoms with Gasteiger partial charge in [-0.2, -0.15) is 0 Å². The molecule has 0 nitrogen and oxygen atoms in total. The summed E-state index contributed by atoms with van der Waals surface area (Å²) in [6.07, 6.45) is 2.67. The molecule has 2 heteroatoms. The molecule has 0 bridgehead atoms. The summed E-state index contributed by atoms with van der Waals surface area (Å²) < 4.78 is 0.497. The maximum Gasteiger partial charge on any atom is 0.140 e. The van der Waals surface area contributed by atoms with Crippen LogP contribution < -0.4 is 15.9 Å². The molecule has 1 atom stereocenters. The smallest absolute Gasteiger partial charge is 0.0620 e. The summed E-state index contributed by atoms with van der Waals surface area (Å²) in [5.41, 5.74) is 0. The fraction of sp³-hybridized carbons (Fsp3) is 0.182. The standard InChI is InChI=1S/C22H21BrP/c23-22(18-16-17-18)24(19-10-4-1-5-11-19,20-12-6-2-7-13-20)21-14-8-3-9-15-21/h1-15,18,22H,16-17H2/q+1. The molecule has 4 rings (SSSR count). The minimum Gasteiger partial charge on any atom is -0.0620 e. The third-order valence-electron chi connectivity index (χ3n) is 4.87. The van der Waals surface area contributed by atoms with Crippen molar-refractivity contribution in [3.63, 3.8) is 0 Å². The summed E-state index contributed by atoms with van der Waals surface area (Å²) in [6.45, 7) is 0. The van der Waals surface area contributed by atoms with Crippen molar-refractivity contribution in [3.8, 4) is 0 Å². The lowest BCUT2D eigenvalue weighted by Gasteiger charge is -2.32. The molecule has 3 aromatic rings. The van der Waals surface area contributed by atoms with Gasteiger partial charge in [0.05, 0.1) is 0 Å². The van der Waals surface area contributed by atoms with Gasteiger partial charge in [-0.25, -0.2) is 0 Å².